The van der Waals surface area contributed by atoms with Gasteiger partial charge in [0.05, 0.1) is 12.9 Å². The highest BCUT2D eigenvalue weighted by molar-refractivity contribution is 5.81. The molecule has 3 heterocycles. The predicted molar refractivity (Wildman–Crippen MR) is 72.4 cm³/mol. The van der Waals surface area contributed by atoms with Gasteiger partial charge < -0.3 is 31.0 Å². The number of aliphatic hydroxyl groups is 2. The normalized spacial score (nSPS) is 40.1. The highest BCUT2D eigenvalue weighted by Gasteiger charge is 2.82. The van der Waals surface area contributed by atoms with E-state index in [4.69, 9.17) is 16.2 Å². The van der Waals surface area contributed by atoms with Gasteiger partial charge in [-0.05, 0) is 0 Å². The van der Waals surface area contributed by atoms with Crippen molar-refractivity contribution in [1.29, 1.82) is 0 Å². The minimum atomic E-state index is -2.05. The Morgan fingerprint density at radius 1 is 1.41 bits per heavy atom. The van der Waals surface area contributed by atoms with E-state index in [0.29, 0.717) is 11.2 Å². The van der Waals surface area contributed by atoms with Gasteiger partial charge in [-0.3, -0.25) is 0 Å². The predicted octanol–water partition coefficient (Wildman–Crippen LogP) is -1.88. The van der Waals surface area contributed by atoms with Gasteiger partial charge in [-0.1, -0.05) is 0 Å². The molecule has 22 heavy (non-hydrogen) atoms. The second-order valence-electron chi connectivity index (χ2n) is 5.72. The van der Waals surface area contributed by atoms with Crippen molar-refractivity contribution >= 4 is 17.0 Å². The van der Waals surface area contributed by atoms with E-state index in [-0.39, 0.29) is 12.4 Å². The number of aromatic nitrogens is 4. The fourth-order valence-corrected chi connectivity index (χ4v) is 3.30. The molecule has 10 heteroatoms. The molecular weight excluding hydrogens is 295 g/mol. The number of fused-ring (bicyclic) bond motifs is 2. The molecule has 2 aromatic rings. The summed E-state index contributed by atoms with van der Waals surface area (Å²) in [7, 11) is 0. The number of anilines is 1. The summed E-state index contributed by atoms with van der Waals surface area (Å²) in [6.07, 6.45) is 0.182. The first kappa shape index (κ1) is 13.8. The number of alkyl halides is 1. The molecule has 118 valence electrons. The minimum absolute atomic E-state index is 0.181. The molecule has 0 radical (unpaired) electrons. The van der Waals surface area contributed by atoms with Gasteiger partial charge >= 0.3 is 0 Å². The van der Waals surface area contributed by atoms with Crippen LogP contribution in [0.1, 0.15) is 6.04 Å². The molecule has 0 amide bonds. The Hall–Kier alpha value is -1.88. The molecule has 0 spiro atoms. The van der Waals surface area contributed by atoms with Crippen LogP contribution in [0.4, 0.5) is 10.2 Å². The third-order valence-electron chi connectivity index (χ3n) is 4.65. The number of ether oxygens (including phenoxy) is 1. The molecule has 1 unspecified atom stereocenters. The molecule has 4 rings (SSSR count). The van der Waals surface area contributed by atoms with E-state index in [0.717, 1.165) is 0 Å². The lowest BCUT2D eigenvalue weighted by Crippen LogP contribution is -2.55. The average Bonchev–Trinajstić information content (AvgIpc) is 2.84. The number of hydrogen-bond acceptors (Lipinski definition) is 8. The summed E-state index contributed by atoms with van der Waals surface area (Å²) < 4.78 is 22.1. The van der Waals surface area contributed by atoms with E-state index in [1.165, 1.54) is 17.2 Å². The van der Waals surface area contributed by atoms with Crippen LogP contribution < -0.4 is 11.5 Å². The first-order chi connectivity index (χ1) is 10.5. The second kappa shape index (κ2) is 4.10. The first-order valence-corrected chi connectivity index (χ1v) is 6.78. The lowest BCUT2D eigenvalue weighted by atomic mass is 9.94. The molecule has 1 saturated carbocycles. The van der Waals surface area contributed by atoms with Crippen molar-refractivity contribution in [2.24, 2.45) is 5.73 Å². The Balaban J connectivity index is 1.74. The van der Waals surface area contributed by atoms with Crippen molar-refractivity contribution in [3.8, 4) is 0 Å². The maximum Gasteiger partial charge on any atom is 0.190 e. The maximum atomic E-state index is 15.1. The van der Waals surface area contributed by atoms with Crippen LogP contribution in [0.2, 0.25) is 0 Å². The summed E-state index contributed by atoms with van der Waals surface area (Å²) in [4.78, 5) is 12.0. The molecule has 2 fully saturated rings. The second-order valence-corrected chi connectivity index (χ2v) is 5.72. The van der Waals surface area contributed by atoms with Crippen LogP contribution in [0.25, 0.3) is 11.2 Å². The summed E-state index contributed by atoms with van der Waals surface area (Å²) in [5, 5.41) is 19.7. The number of imidazole rings is 1. The smallest absolute Gasteiger partial charge is 0.190 e. The van der Waals surface area contributed by atoms with Crippen LogP contribution in [0.3, 0.4) is 0 Å². The minimum Gasteiger partial charge on any atom is -0.393 e. The zero-order chi connectivity index (χ0) is 15.7. The van der Waals surface area contributed by atoms with E-state index >= 15 is 4.39 Å². The number of rotatable bonds is 3. The average molecular weight is 310 g/mol. The number of nitrogens with zero attached hydrogens (tertiary/aromatic N) is 4. The maximum absolute atomic E-state index is 15.1. The van der Waals surface area contributed by atoms with Gasteiger partial charge in [-0.25, -0.2) is 19.3 Å². The lowest BCUT2D eigenvalue weighted by Gasteiger charge is -2.32. The highest BCUT2D eigenvalue weighted by Crippen LogP contribution is 2.64. The highest BCUT2D eigenvalue weighted by atomic mass is 19.1. The van der Waals surface area contributed by atoms with Crippen molar-refractivity contribution < 1.29 is 19.3 Å². The number of hydrogen-bond donors (Lipinski definition) is 4. The molecule has 9 nitrogen and oxygen atoms in total. The van der Waals surface area contributed by atoms with E-state index in [1.54, 1.807) is 0 Å². The largest absolute Gasteiger partial charge is 0.393 e. The van der Waals surface area contributed by atoms with Gasteiger partial charge in [-0.15, -0.1) is 0 Å². The number of nitrogen functional groups attached to an aromatic ring is 1. The van der Waals surface area contributed by atoms with E-state index in [9.17, 15) is 10.2 Å². The Kier molecular flexibility index (Phi) is 2.57. The standard InChI is InChI=1S/C12H15FN6O3/c13-12-6(7(12)22-11(1-14,2-20)10(12)21)19-4-18-5-8(15)16-3-17-9(5)19/h3-4,6-7,10,20-21H,1-2,14H2,(H2,15,16,17)/t6?,7-,10+,11+,12+/m0/s1. The van der Waals surface area contributed by atoms with Crippen LogP contribution in [0.15, 0.2) is 12.7 Å². The zero-order valence-electron chi connectivity index (χ0n) is 11.4. The van der Waals surface area contributed by atoms with Crippen LogP contribution >= 0.6 is 0 Å². The fourth-order valence-electron chi connectivity index (χ4n) is 3.30. The Bertz CT molecular complexity index is 750. The quantitative estimate of drug-likeness (QED) is 0.515. The molecule has 0 aromatic carbocycles. The third kappa shape index (κ3) is 1.38. The van der Waals surface area contributed by atoms with E-state index < -0.39 is 36.1 Å². The van der Waals surface area contributed by atoms with Gasteiger partial charge in [0.25, 0.3) is 0 Å². The van der Waals surface area contributed by atoms with Crippen molar-refractivity contribution in [2.75, 3.05) is 18.9 Å². The molecule has 6 N–H and O–H groups in total. The fraction of sp³-hybridized carbons (Fsp3) is 0.583. The molecular formula is C12H15FN6O3. The van der Waals surface area contributed by atoms with Crippen molar-refractivity contribution in [1.82, 2.24) is 19.5 Å². The van der Waals surface area contributed by atoms with Crippen LogP contribution in [0, 0.1) is 0 Å². The van der Waals surface area contributed by atoms with E-state index in [2.05, 4.69) is 15.0 Å². The molecule has 5 atom stereocenters. The molecule has 2 aromatic heterocycles. The monoisotopic (exact) mass is 310 g/mol. The van der Waals surface area contributed by atoms with Gasteiger partial charge in [-0.2, -0.15) is 0 Å². The Labute approximate surface area is 123 Å². The molecule has 0 bridgehead atoms. The summed E-state index contributed by atoms with van der Waals surface area (Å²) in [5.41, 5.74) is 8.42. The summed E-state index contributed by atoms with van der Waals surface area (Å²) >= 11 is 0. The van der Waals surface area contributed by atoms with Crippen LogP contribution in [0.5, 0.6) is 0 Å². The number of aliphatic hydroxyl groups excluding tert-OH is 2. The molecule has 1 aliphatic heterocycles. The van der Waals surface area contributed by atoms with Gasteiger partial charge in [0.1, 0.15) is 35.7 Å². The number of halogens is 1. The zero-order valence-corrected chi connectivity index (χ0v) is 11.4. The van der Waals surface area contributed by atoms with Crippen LogP contribution in [-0.2, 0) is 4.74 Å². The van der Waals surface area contributed by atoms with Crippen molar-refractivity contribution in [3.05, 3.63) is 12.7 Å². The van der Waals surface area contributed by atoms with Gasteiger partial charge in [0, 0.05) is 6.54 Å². The summed E-state index contributed by atoms with van der Waals surface area (Å²) in [6, 6.07) is -0.798. The third-order valence-corrected chi connectivity index (χ3v) is 4.65. The van der Waals surface area contributed by atoms with E-state index in [1.807, 2.05) is 0 Å². The summed E-state index contributed by atoms with van der Waals surface area (Å²) in [5.74, 6) is 0.190. The van der Waals surface area contributed by atoms with Crippen molar-refractivity contribution in [3.63, 3.8) is 0 Å². The topological polar surface area (TPSA) is 145 Å². The van der Waals surface area contributed by atoms with Crippen LogP contribution in [-0.4, -0.2) is 66.4 Å². The Morgan fingerprint density at radius 2 is 2.18 bits per heavy atom. The lowest BCUT2D eigenvalue weighted by molar-refractivity contribution is -0.124. The SMILES string of the molecule is NC[C@]1(CO)O[C@H]2C(n3cnc4c(N)ncnc43)[C@]2(F)[C@@H]1O. The molecule has 1 aliphatic carbocycles. The Morgan fingerprint density at radius 3 is 2.77 bits per heavy atom. The molecule has 2 aliphatic rings. The summed E-state index contributed by atoms with van der Waals surface area (Å²) in [6.45, 7) is -0.737. The first-order valence-electron chi connectivity index (χ1n) is 6.78. The van der Waals surface area contributed by atoms with Gasteiger partial charge in [0.2, 0.25) is 0 Å². The van der Waals surface area contributed by atoms with Crippen molar-refractivity contribution in [2.45, 2.75) is 29.5 Å². The molecule has 1 saturated heterocycles. The number of nitrogens with two attached hydrogens (primary N) is 2. The van der Waals surface area contributed by atoms with Gasteiger partial charge in [0.15, 0.2) is 17.1 Å².